The van der Waals surface area contributed by atoms with Gasteiger partial charge >= 0.3 is 0 Å². The van der Waals surface area contributed by atoms with E-state index in [-0.39, 0.29) is 5.54 Å². The lowest BCUT2D eigenvalue weighted by Gasteiger charge is -2.18. The van der Waals surface area contributed by atoms with Crippen LogP contribution in [0.3, 0.4) is 0 Å². The number of quaternary nitrogens is 1. The number of benzene rings is 1. The van der Waals surface area contributed by atoms with Crippen molar-refractivity contribution >= 4 is 15.9 Å². The molecule has 4 heteroatoms. The first-order chi connectivity index (χ1) is 8.87. The quantitative estimate of drug-likeness (QED) is 0.815. The minimum absolute atomic E-state index is 0.206. The lowest BCUT2D eigenvalue weighted by molar-refractivity contribution is -0.731. The Hall–Kier alpha value is -1.00. The van der Waals surface area contributed by atoms with Crippen molar-refractivity contribution in [1.29, 1.82) is 0 Å². The molecular weight excluding hydrogens is 306 g/mol. The molecule has 3 nitrogen and oxygen atoms in total. The van der Waals surface area contributed by atoms with Gasteiger partial charge in [-0.05, 0) is 48.8 Å². The molecule has 0 spiro atoms. The van der Waals surface area contributed by atoms with Crippen molar-refractivity contribution < 1.29 is 14.8 Å². The fourth-order valence-electron chi connectivity index (χ4n) is 1.60. The highest BCUT2D eigenvalue weighted by Gasteiger charge is 2.16. The van der Waals surface area contributed by atoms with Crippen molar-refractivity contribution in [2.24, 2.45) is 0 Å². The molecule has 0 bridgehead atoms. The smallest absolute Gasteiger partial charge is 0.175 e. The van der Waals surface area contributed by atoms with Crippen LogP contribution in [0.2, 0.25) is 0 Å². The van der Waals surface area contributed by atoms with Crippen molar-refractivity contribution in [2.75, 3.05) is 13.7 Å². The largest absolute Gasteiger partial charge is 0.493 e. The fraction of sp³-hybridized carbons (Fsp3) is 0.467. The maximum Gasteiger partial charge on any atom is 0.175 e. The highest BCUT2D eigenvalue weighted by atomic mass is 79.9. The van der Waals surface area contributed by atoms with Gasteiger partial charge in [-0.3, -0.25) is 0 Å². The predicted molar refractivity (Wildman–Crippen MR) is 81.8 cm³/mol. The Bertz CT molecular complexity index is 439. The van der Waals surface area contributed by atoms with Crippen LogP contribution in [0.25, 0.3) is 0 Å². The van der Waals surface area contributed by atoms with Gasteiger partial charge in [-0.1, -0.05) is 12.7 Å². The number of rotatable bonds is 6. The van der Waals surface area contributed by atoms with Crippen LogP contribution in [0.4, 0.5) is 0 Å². The third kappa shape index (κ3) is 5.25. The van der Waals surface area contributed by atoms with Gasteiger partial charge in [0.15, 0.2) is 11.5 Å². The Morgan fingerprint density at radius 2 is 2.05 bits per heavy atom. The van der Waals surface area contributed by atoms with Crippen LogP contribution in [0, 0.1) is 0 Å². The Labute approximate surface area is 124 Å². The Morgan fingerprint density at radius 3 is 2.58 bits per heavy atom. The van der Waals surface area contributed by atoms with Crippen molar-refractivity contribution in [3.05, 3.63) is 34.8 Å². The molecule has 0 heterocycles. The molecule has 0 fully saturated rings. The van der Waals surface area contributed by atoms with Crippen LogP contribution in [0.1, 0.15) is 26.3 Å². The molecular formula is C15H23BrNO2+. The monoisotopic (exact) mass is 328 g/mol. The molecule has 1 aromatic rings. The normalized spacial score (nSPS) is 11.2. The fourth-order valence-corrected chi connectivity index (χ4v) is 2.20. The Balaban J connectivity index is 2.92. The molecule has 0 radical (unpaired) electrons. The summed E-state index contributed by atoms with van der Waals surface area (Å²) in [7, 11) is 1.65. The summed E-state index contributed by atoms with van der Waals surface area (Å²) in [6.07, 6.45) is 1.72. The number of hydrogen-bond donors (Lipinski definition) is 1. The van der Waals surface area contributed by atoms with Crippen molar-refractivity contribution in [1.82, 2.24) is 0 Å². The number of nitrogens with two attached hydrogens (primary N) is 1. The molecule has 2 N–H and O–H groups in total. The zero-order valence-corrected chi connectivity index (χ0v) is 13.7. The second kappa shape index (κ2) is 6.96. The predicted octanol–water partition coefficient (Wildman–Crippen LogP) is 2.88. The first-order valence-corrected chi connectivity index (χ1v) is 7.11. The van der Waals surface area contributed by atoms with Gasteiger partial charge in [0, 0.05) is 5.56 Å². The van der Waals surface area contributed by atoms with Crippen LogP contribution in [-0.4, -0.2) is 19.3 Å². The number of methoxy groups -OCH3 is 1. The summed E-state index contributed by atoms with van der Waals surface area (Å²) >= 11 is 3.54. The maximum atomic E-state index is 5.61. The molecule has 0 unspecified atom stereocenters. The molecule has 0 saturated heterocycles. The van der Waals surface area contributed by atoms with Crippen LogP contribution >= 0.6 is 15.9 Å². The van der Waals surface area contributed by atoms with E-state index in [9.17, 15) is 0 Å². The average molecular weight is 329 g/mol. The molecule has 0 aromatic heterocycles. The zero-order valence-electron chi connectivity index (χ0n) is 12.1. The molecule has 1 rings (SSSR count). The zero-order chi connectivity index (χ0) is 14.5. The molecule has 19 heavy (non-hydrogen) atoms. The van der Waals surface area contributed by atoms with E-state index in [1.54, 1.807) is 13.2 Å². The van der Waals surface area contributed by atoms with Gasteiger partial charge in [-0.15, -0.1) is 0 Å². The summed E-state index contributed by atoms with van der Waals surface area (Å²) in [5.41, 5.74) is 1.40. The van der Waals surface area contributed by atoms with Crippen LogP contribution in [0.5, 0.6) is 11.5 Å². The molecule has 1 aromatic carbocycles. The molecule has 0 aliphatic rings. The summed E-state index contributed by atoms with van der Waals surface area (Å²) in [4.78, 5) is 0. The van der Waals surface area contributed by atoms with Crippen LogP contribution in [0.15, 0.2) is 29.3 Å². The van der Waals surface area contributed by atoms with E-state index >= 15 is 0 Å². The standard InChI is InChI=1S/C15H22BrNO2/c1-6-7-19-14-12(16)8-11(9-13(14)18-5)10-17-15(2,3)4/h6,8-9,17H,1,7,10H2,2-5H3/p+1. The summed E-state index contributed by atoms with van der Waals surface area (Å²) in [6.45, 7) is 11.6. The van der Waals surface area contributed by atoms with E-state index in [1.807, 2.05) is 6.07 Å². The molecule has 0 saturated carbocycles. The average Bonchev–Trinajstić information content (AvgIpc) is 2.33. The highest BCUT2D eigenvalue weighted by molar-refractivity contribution is 9.10. The molecule has 0 aliphatic heterocycles. The second-order valence-corrected chi connectivity index (χ2v) is 6.34. The van der Waals surface area contributed by atoms with Crippen molar-refractivity contribution in [2.45, 2.75) is 32.9 Å². The summed E-state index contributed by atoms with van der Waals surface area (Å²) < 4.78 is 11.9. The van der Waals surface area contributed by atoms with Crippen molar-refractivity contribution in [3.63, 3.8) is 0 Å². The van der Waals surface area contributed by atoms with E-state index in [4.69, 9.17) is 9.47 Å². The van der Waals surface area contributed by atoms with E-state index < -0.39 is 0 Å². The number of ether oxygens (including phenoxy) is 2. The first kappa shape index (κ1) is 16.1. The van der Waals surface area contributed by atoms with Gasteiger partial charge in [0.25, 0.3) is 0 Å². The van der Waals surface area contributed by atoms with Crippen LogP contribution in [-0.2, 0) is 6.54 Å². The minimum Gasteiger partial charge on any atom is -0.493 e. The van der Waals surface area contributed by atoms with Gasteiger partial charge in [-0.25, -0.2) is 0 Å². The second-order valence-electron chi connectivity index (χ2n) is 5.48. The van der Waals surface area contributed by atoms with E-state index in [2.05, 4.69) is 54.7 Å². The van der Waals surface area contributed by atoms with Gasteiger partial charge in [0.2, 0.25) is 0 Å². The third-order valence-electron chi connectivity index (χ3n) is 2.58. The van der Waals surface area contributed by atoms with E-state index in [1.165, 1.54) is 5.56 Å². The van der Waals surface area contributed by atoms with Gasteiger partial charge in [0.05, 0.1) is 17.1 Å². The maximum absolute atomic E-state index is 5.61. The topological polar surface area (TPSA) is 35.1 Å². The van der Waals surface area contributed by atoms with Gasteiger partial charge in [-0.2, -0.15) is 0 Å². The third-order valence-corrected chi connectivity index (χ3v) is 3.17. The molecule has 106 valence electrons. The number of hydrogen-bond acceptors (Lipinski definition) is 2. The first-order valence-electron chi connectivity index (χ1n) is 6.32. The summed E-state index contributed by atoms with van der Waals surface area (Å²) in [6, 6.07) is 4.09. The SMILES string of the molecule is C=CCOc1c(Br)cc(C[NH2+]C(C)(C)C)cc1OC. The van der Waals surface area contributed by atoms with Gasteiger partial charge in [0.1, 0.15) is 13.2 Å². The molecule has 0 amide bonds. The minimum atomic E-state index is 0.206. The van der Waals surface area contributed by atoms with E-state index in [0.29, 0.717) is 6.61 Å². The van der Waals surface area contributed by atoms with E-state index in [0.717, 1.165) is 22.5 Å². The molecule has 0 atom stereocenters. The van der Waals surface area contributed by atoms with Gasteiger partial charge < -0.3 is 14.8 Å². The Morgan fingerprint density at radius 1 is 1.37 bits per heavy atom. The summed E-state index contributed by atoms with van der Waals surface area (Å²) in [5.74, 6) is 1.47. The lowest BCUT2D eigenvalue weighted by Crippen LogP contribution is -2.92. The number of halogens is 1. The highest BCUT2D eigenvalue weighted by Crippen LogP contribution is 2.36. The lowest BCUT2D eigenvalue weighted by atomic mass is 10.1. The van der Waals surface area contributed by atoms with Crippen LogP contribution < -0.4 is 14.8 Å². The molecule has 0 aliphatic carbocycles. The summed E-state index contributed by atoms with van der Waals surface area (Å²) in [5, 5.41) is 2.29. The Kier molecular flexibility index (Phi) is 5.88. The van der Waals surface area contributed by atoms with Crippen molar-refractivity contribution in [3.8, 4) is 11.5 Å².